The van der Waals surface area contributed by atoms with Crippen LogP contribution < -0.4 is 5.32 Å². The highest BCUT2D eigenvalue weighted by Gasteiger charge is 2.23. The molecule has 0 bridgehead atoms. The molecule has 0 radical (unpaired) electrons. The molecule has 128 valence electrons. The molecule has 1 aliphatic heterocycles. The van der Waals surface area contributed by atoms with E-state index in [1.807, 2.05) is 31.3 Å². The molecule has 0 aliphatic carbocycles. The lowest BCUT2D eigenvalue weighted by Crippen LogP contribution is -2.24. The second kappa shape index (κ2) is 9.50. The predicted octanol–water partition coefficient (Wildman–Crippen LogP) is 3.88. The molecule has 1 fully saturated rings. The van der Waals surface area contributed by atoms with Gasteiger partial charge >= 0.3 is 0 Å². The van der Waals surface area contributed by atoms with Crippen molar-refractivity contribution < 1.29 is 4.42 Å². The maximum atomic E-state index is 6.01. The third-order valence-electron chi connectivity index (χ3n) is 3.88. The third kappa shape index (κ3) is 5.37. The number of nitrogens with zero attached hydrogens (tertiary/aromatic N) is 2. The average Bonchev–Trinajstić information content (AvgIpc) is 3.10. The summed E-state index contributed by atoms with van der Waals surface area (Å²) < 4.78 is 5.85. The van der Waals surface area contributed by atoms with Gasteiger partial charge in [0, 0.05) is 17.1 Å². The van der Waals surface area contributed by atoms with E-state index in [-0.39, 0.29) is 24.8 Å². The van der Waals surface area contributed by atoms with Crippen LogP contribution in [-0.2, 0) is 6.54 Å². The summed E-state index contributed by atoms with van der Waals surface area (Å²) in [5.74, 6) is 2.28. The first-order chi connectivity index (χ1) is 10.2. The Kier molecular flexibility index (Phi) is 8.37. The summed E-state index contributed by atoms with van der Waals surface area (Å²) in [6.45, 7) is 4.08. The number of hydrogen-bond donors (Lipinski definition) is 1. The first-order valence-electron chi connectivity index (χ1n) is 7.32. The van der Waals surface area contributed by atoms with Crippen molar-refractivity contribution in [3.05, 3.63) is 41.4 Å². The van der Waals surface area contributed by atoms with Crippen LogP contribution in [0, 0.1) is 5.92 Å². The van der Waals surface area contributed by atoms with E-state index in [9.17, 15) is 0 Å². The second-order valence-electron chi connectivity index (χ2n) is 5.58. The van der Waals surface area contributed by atoms with E-state index in [0.717, 1.165) is 49.3 Å². The molecule has 1 aromatic heterocycles. The fraction of sp³-hybridized carbons (Fsp3) is 0.438. The molecule has 1 unspecified atom stereocenters. The van der Waals surface area contributed by atoms with Gasteiger partial charge in [-0.1, -0.05) is 23.7 Å². The molecule has 4 nitrogen and oxygen atoms in total. The van der Waals surface area contributed by atoms with Gasteiger partial charge in [0.05, 0.1) is 12.7 Å². The molecule has 1 atom stereocenters. The fourth-order valence-corrected chi connectivity index (χ4v) is 3.05. The van der Waals surface area contributed by atoms with Crippen molar-refractivity contribution in [2.75, 3.05) is 26.7 Å². The second-order valence-corrected chi connectivity index (χ2v) is 6.01. The number of benzene rings is 1. The molecule has 0 amide bonds. The van der Waals surface area contributed by atoms with E-state index in [4.69, 9.17) is 16.0 Å². The number of halogens is 3. The third-order valence-corrected chi connectivity index (χ3v) is 4.12. The molecule has 23 heavy (non-hydrogen) atoms. The van der Waals surface area contributed by atoms with Gasteiger partial charge in [-0.15, -0.1) is 24.8 Å². The van der Waals surface area contributed by atoms with Crippen molar-refractivity contribution in [2.24, 2.45) is 5.92 Å². The minimum Gasteiger partial charge on any atom is -0.439 e. The number of likely N-dealkylation sites (tertiary alicyclic amines) is 1. The topological polar surface area (TPSA) is 41.3 Å². The summed E-state index contributed by atoms with van der Waals surface area (Å²) in [5, 5.41) is 3.95. The first-order valence-corrected chi connectivity index (χ1v) is 7.70. The summed E-state index contributed by atoms with van der Waals surface area (Å²) in [6.07, 6.45) is 3.02. The maximum absolute atomic E-state index is 6.01. The molecule has 3 rings (SSSR count). The normalized spacial score (nSPS) is 17.6. The van der Waals surface area contributed by atoms with Gasteiger partial charge in [0.1, 0.15) is 0 Å². The van der Waals surface area contributed by atoms with E-state index in [1.165, 1.54) is 6.42 Å². The molecule has 1 aliphatic rings. The summed E-state index contributed by atoms with van der Waals surface area (Å²) >= 11 is 6.01. The van der Waals surface area contributed by atoms with E-state index < -0.39 is 0 Å². The molecule has 1 N–H and O–H groups in total. The zero-order valence-electron chi connectivity index (χ0n) is 13.0. The van der Waals surface area contributed by atoms with Gasteiger partial charge in [-0.2, -0.15) is 0 Å². The number of rotatable bonds is 5. The molecular weight excluding hydrogens is 357 g/mol. The molecule has 2 heterocycles. The van der Waals surface area contributed by atoms with Crippen molar-refractivity contribution in [3.63, 3.8) is 0 Å². The predicted molar refractivity (Wildman–Crippen MR) is 98.8 cm³/mol. The van der Waals surface area contributed by atoms with E-state index in [1.54, 1.807) is 6.20 Å². The number of hydrogen-bond acceptors (Lipinski definition) is 4. The Morgan fingerprint density at radius 2 is 2.22 bits per heavy atom. The fourth-order valence-electron chi connectivity index (χ4n) is 2.86. The summed E-state index contributed by atoms with van der Waals surface area (Å²) in [7, 11) is 2.01. The van der Waals surface area contributed by atoms with Crippen LogP contribution in [-0.4, -0.2) is 36.6 Å². The Hall–Kier alpha value is -0.780. The highest BCUT2D eigenvalue weighted by atomic mass is 35.5. The van der Waals surface area contributed by atoms with Gasteiger partial charge < -0.3 is 9.73 Å². The highest BCUT2D eigenvalue weighted by molar-refractivity contribution is 6.30. The summed E-state index contributed by atoms with van der Waals surface area (Å²) in [5.41, 5.74) is 0.968. The van der Waals surface area contributed by atoms with Crippen LogP contribution >= 0.6 is 36.4 Å². The lowest BCUT2D eigenvalue weighted by Gasteiger charge is -2.13. The van der Waals surface area contributed by atoms with Crippen LogP contribution in [0.5, 0.6) is 0 Å². The Labute approximate surface area is 154 Å². The standard InChI is InChI=1S/C16H20ClN3O.2ClH/c1-18-8-12-5-6-20(10-12)11-16-19-9-15(21-16)13-3-2-4-14(17)7-13;;/h2-4,7,9,12,18H,5-6,8,10-11H2,1H3;2*1H. The minimum absolute atomic E-state index is 0. The molecule has 2 aromatic rings. The average molecular weight is 379 g/mol. The molecule has 1 saturated heterocycles. The van der Waals surface area contributed by atoms with Crippen LogP contribution in [0.2, 0.25) is 5.02 Å². The Morgan fingerprint density at radius 1 is 1.39 bits per heavy atom. The van der Waals surface area contributed by atoms with Gasteiger partial charge in [0.15, 0.2) is 5.76 Å². The van der Waals surface area contributed by atoms with Gasteiger partial charge in [0.2, 0.25) is 5.89 Å². The van der Waals surface area contributed by atoms with E-state index in [2.05, 4.69) is 15.2 Å². The number of oxazole rings is 1. The monoisotopic (exact) mass is 377 g/mol. The number of aromatic nitrogens is 1. The van der Waals surface area contributed by atoms with Crippen molar-refractivity contribution in [3.8, 4) is 11.3 Å². The van der Waals surface area contributed by atoms with Crippen LogP contribution in [0.1, 0.15) is 12.3 Å². The van der Waals surface area contributed by atoms with Crippen LogP contribution in [0.3, 0.4) is 0 Å². The largest absolute Gasteiger partial charge is 0.439 e. The van der Waals surface area contributed by atoms with Crippen LogP contribution in [0.15, 0.2) is 34.9 Å². The van der Waals surface area contributed by atoms with Crippen molar-refractivity contribution >= 4 is 36.4 Å². The molecule has 0 saturated carbocycles. The lowest BCUT2D eigenvalue weighted by atomic mass is 10.1. The zero-order chi connectivity index (χ0) is 14.7. The van der Waals surface area contributed by atoms with Gasteiger partial charge in [-0.05, 0) is 44.6 Å². The SMILES string of the molecule is CNCC1CCN(Cc2ncc(-c3cccc(Cl)c3)o2)C1.Cl.Cl. The molecular formula is C16H22Cl3N3O. The smallest absolute Gasteiger partial charge is 0.209 e. The molecule has 7 heteroatoms. The molecule has 1 aromatic carbocycles. The summed E-state index contributed by atoms with van der Waals surface area (Å²) in [6, 6.07) is 7.65. The lowest BCUT2D eigenvalue weighted by molar-refractivity contribution is 0.281. The quantitative estimate of drug-likeness (QED) is 0.857. The maximum Gasteiger partial charge on any atom is 0.209 e. The van der Waals surface area contributed by atoms with Crippen molar-refractivity contribution in [1.82, 2.24) is 15.2 Å². The van der Waals surface area contributed by atoms with Gasteiger partial charge in [-0.25, -0.2) is 4.98 Å². The number of nitrogens with one attached hydrogen (secondary N) is 1. The Morgan fingerprint density at radius 3 is 2.96 bits per heavy atom. The highest BCUT2D eigenvalue weighted by Crippen LogP contribution is 2.25. The van der Waals surface area contributed by atoms with E-state index in [0.29, 0.717) is 5.02 Å². The minimum atomic E-state index is 0. The van der Waals surface area contributed by atoms with Gasteiger partial charge in [0.25, 0.3) is 0 Å². The van der Waals surface area contributed by atoms with Crippen molar-refractivity contribution in [2.45, 2.75) is 13.0 Å². The van der Waals surface area contributed by atoms with Crippen molar-refractivity contribution in [1.29, 1.82) is 0 Å². The van der Waals surface area contributed by atoms with E-state index >= 15 is 0 Å². The Bertz CT molecular complexity index is 606. The van der Waals surface area contributed by atoms with Gasteiger partial charge in [-0.3, -0.25) is 4.90 Å². The first kappa shape index (κ1) is 20.3. The Balaban J connectivity index is 0.00000132. The molecule has 0 spiro atoms. The van der Waals surface area contributed by atoms with Crippen LogP contribution in [0.25, 0.3) is 11.3 Å². The summed E-state index contributed by atoms with van der Waals surface area (Å²) in [4.78, 5) is 6.79. The van der Waals surface area contributed by atoms with Crippen LogP contribution in [0.4, 0.5) is 0 Å². The zero-order valence-corrected chi connectivity index (χ0v) is 15.4.